The molecule has 0 aromatic heterocycles. The first-order chi connectivity index (χ1) is 7.29. The summed E-state index contributed by atoms with van der Waals surface area (Å²) < 4.78 is 19.3. The van der Waals surface area contributed by atoms with Gasteiger partial charge in [-0.15, -0.1) is 0 Å². The number of carboxylic acid groups (broad SMARTS) is 1. The number of carbonyl (C=O) groups is 1. The van der Waals surface area contributed by atoms with Crippen molar-refractivity contribution in [3.63, 3.8) is 0 Å². The van der Waals surface area contributed by atoms with Crippen LogP contribution in [0.5, 0.6) is 0 Å². The van der Waals surface area contributed by atoms with Crippen LogP contribution in [-0.4, -0.2) is 48.1 Å². The van der Waals surface area contributed by atoms with E-state index in [9.17, 15) is 9.18 Å². The maximum absolute atomic E-state index is 14.2. The van der Waals surface area contributed by atoms with E-state index >= 15 is 0 Å². The molecule has 1 saturated heterocycles. The Morgan fingerprint density at radius 3 is 2.44 bits per heavy atom. The maximum Gasteiger partial charge on any atom is 0.407 e. The van der Waals surface area contributed by atoms with Crippen molar-refractivity contribution in [3.8, 4) is 0 Å². The molecule has 0 spiro atoms. The van der Waals surface area contributed by atoms with Gasteiger partial charge in [-0.3, -0.25) is 0 Å². The molecule has 0 bridgehead atoms. The summed E-state index contributed by atoms with van der Waals surface area (Å²) in [5, 5.41) is 9.07. The molecule has 4 nitrogen and oxygen atoms in total. The van der Waals surface area contributed by atoms with Crippen LogP contribution < -0.4 is 0 Å². The molecule has 3 atom stereocenters. The van der Waals surface area contributed by atoms with Crippen molar-refractivity contribution in [2.75, 3.05) is 13.7 Å². The molecule has 0 saturated carbocycles. The number of nitrogens with zero attached hydrogens (tertiary/aromatic N) is 1. The topological polar surface area (TPSA) is 49.8 Å². The molecule has 1 N–H and O–H groups in total. The van der Waals surface area contributed by atoms with Crippen LogP contribution >= 0.6 is 0 Å². The van der Waals surface area contributed by atoms with Gasteiger partial charge in [0.2, 0.25) is 0 Å². The number of ether oxygens (including phenoxy) is 1. The van der Waals surface area contributed by atoms with Gasteiger partial charge in [-0.25, -0.2) is 9.18 Å². The van der Waals surface area contributed by atoms with Crippen LogP contribution in [0.25, 0.3) is 0 Å². The van der Waals surface area contributed by atoms with E-state index in [2.05, 4.69) is 0 Å². The molecule has 1 aliphatic rings. The van der Waals surface area contributed by atoms with Gasteiger partial charge < -0.3 is 14.7 Å². The average Bonchev–Trinajstić information content (AvgIpc) is 2.14. The lowest BCUT2D eigenvalue weighted by molar-refractivity contribution is -0.0768. The third-order valence-electron chi connectivity index (χ3n) is 3.08. The number of amides is 1. The Hall–Kier alpha value is -0.840. The molecule has 16 heavy (non-hydrogen) atoms. The van der Waals surface area contributed by atoms with E-state index in [1.54, 1.807) is 0 Å². The minimum absolute atomic E-state index is 0.330. The highest BCUT2D eigenvalue weighted by Crippen LogP contribution is 2.34. The van der Waals surface area contributed by atoms with Crippen LogP contribution in [0, 0.1) is 5.41 Å². The molecular formula is C11H20FNO3. The first-order valence-corrected chi connectivity index (χ1v) is 5.45. The van der Waals surface area contributed by atoms with Crippen molar-refractivity contribution in [1.82, 2.24) is 4.90 Å². The van der Waals surface area contributed by atoms with Crippen LogP contribution in [0.2, 0.25) is 0 Å². The fraction of sp³-hybridized carbons (Fsp3) is 0.909. The Morgan fingerprint density at radius 2 is 2.06 bits per heavy atom. The summed E-state index contributed by atoms with van der Waals surface area (Å²) in [6.45, 7) is 5.87. The molecule has 0 aromatic rings. The van der Waals surface area contributed by atoms with Gasteiger partial charge in [0.1, 0.15) is 6.17 Å². The summed E-state index contributed by atoms with van der Waals surface area (Å²) in [6.07, 6.45) is -2.41. The zero-order valence-corrected chi connectivity index (χ0v) is 10.2. The summed E-state index contributed by atoms with van der Waals surface area (Å²) in [5.74, 6) is 0. The van der Waals surface area contributed by atoms with E-state index in [-0.39, 0.29) is 0 Å². The van der Waals surface area contributed by atoms with Gasteiger partial charge in [-0.2, -0.15) is 0 Å². The van der Waals surface area contributed by atoms with Gasteiger partial charge in [0.25, 0.3) is 0 Å². The standard InChI is InChI=1S/C11H20FNO3/c1-11(2,3)9-8(12)7(16-4)5-6-13(9)10(14)15/h7-9H,5-6H2,1-4H3,(H,14,15). The Morgan fingerprint density at radius 1 is 1.50 bits per heavy atom. The molecule has 1 fully saturated rings. The van der Waals surface area contributed by atoms with Crippen molar-refractivity contribution in [1.29, 1.82) is 0 Å². The van der Waals surface area contributed by atoms with Crippen LogP contribution in [0.4, 0.5) is 9.18 Å². The predicted octanol–water partition coefficient (Wildman–Crippen LogP) is 2.14. The zero-order valence-electron chi connectivity index (χ0n) is 10.2. The summed E-state index contributed by atoms with van der Waals surface area (Å²) in [5.41, 5.74) is -0.436. The Labute approximate surface area is 95.4 Å². The lowest BCUT2D eigenvalue weighted by atomic mass is 9.78. The highest BCUT2D eigenvalue weighted by molar-refractivity contribution is 5.66. The van der Waals surface area contributed by atoms with Gasteiger partial charge in [-0.05, 0) is 11.8 Å². The van der Waals surface area contributed by atoms with Crippen LogP contribution in [-0.2, 0) is 4.74 Å². The molecule has 3 unspecified atom stereocenters. The third kappa shape index (κ3) is 2.45. The van der Waals surface area contributed by atoms with Gasteiger partial charge in [0, 0.05) is 13.7 Å². The SMILES string of the molecule is COC1CCN(C(=O)O)C(C(C)(C)C)C1F. The van der Waals surface area contributed by atoms with Gasteiger partial charge in [-0.1, -0.05) is 20.8 Å². The van der Waals surface area contributed by atoms with Crippen molar-refractivity contribution < 1.29 is 19.0 Å². The summed E-state index contributed by atoms with van der Waals surface area (Å²) >= 11 is 0. The second kappa shape index (κ2) is 4.57. The quantitative estimate of drug-likeness (QED) is 0.754. The van der Waals surface area contributed by atoms with E-state index in [1.165, 1.54) is 12.0 Å². The molecule has 1 heterocycles. The highest BCUT2D eigenvalue weighted by atomic mass is 19.1. The second-order valence-electron chi connectivity index (χ2n) is 5.29. The largest absolute Gasteiger partial charge is 0.465 e. The number of rotatable bonds is 1. The number of methoxy groups -OCH3 is 1. The minimum Gasteiger partial charge on any atom is -0.465 e. The van der Waals surface area contributed by atoms with E-state index in [1.807, 2.05) is 20.8 Å². The summed E-state index contributed by atoms with van der Waals surface area (Å²) in [6, 6.07) is -0.649. The summed E-state index contributed by atoms with van der Waals surface area (Å²) in [7, 11) is 1.47. The molecule has 5 heteroatoms. The average molecular weight is 233 g/mol. The number of halogens is 1. The molecular weight excluding hydrogens is 213 g/mol. The van der Waals surface area contributed by atoms with Crippen LogP contribution in [0.1, 0.15) is 27.2 Å². The second-order valence-corrected chi connectivity index (χ2v) is 5.29. The zero-order chi connectivity index (χ0) is 12.5. The number of hydrogen-bond donors (Lipinski definition) is 1. The molecule has 0 radical (unpaired) electrons. The van der Waals surface area contributed by atoms with Crippen LogP contribution in [0.15, 0.2) is 0 Å². The van der Waals surface area contributed by atoms with Gasteiger partial charge in [0.15, 0.2) is 0 Å². The molecule has 0 aromatic carbocycles. The number of piperidine rings is 1. The lowest BCUT2D eigenvalue weighted by Crippen LogP contribution is -2.60. The molecule has 1 aliphatic heterocycles. The molecule has 1 amide bonds. The maximum atomic E-state index is 14.2. The van der Waals surface area contributed by atoms with E-state index in [4.69, 9.17) is 9.84 Å². The molecule has 94 valence electrons. The van der Waals surface area contributed by atoms with Crippen molar-refractivity contribution in [2.45, 2.75) is 45.5 Å². The Balaban J connectivity index is 2.95. The third-order valence-corrected chi connectivity index (χ3v) is 3.08. The number of hydrogen-bond acceptors (Lipinski definition) is 2. The first-order valence-electron chi connectivity index (χ1n) is 5.45. The van der Waals surface area contributed by atoms with E-state index in [0.717, 1.165) is 0 Å². The number of likely N-dealkylation sites (tertiary alicyclic amines) is 1. The van der Waals surface area contributed by atoms with E-state index in [0.29, 0.717) is 13.0 Å². The smallest absolute Gasteiger partial charge is 0.407 e. The predicted molar refractivity (Wildman–Crippen MR) is 58.3 cm³/mol. The highest BCUT2D eigenvalue weighted by Gasteiger charge is 2.46. The summed E-state index contributed by atoms with van der Waals surface area (Å²) in [4.78, 5) is 12.3. The van der Waals surface area contributed by atoms with Crippen molar-refractivity contribution >= 4 is 6.09 Å². The minimum atomic E-state index is -1.27. The monoisotopic (exact) mass is 233 g/mol. The van der Waals surface area contributed by atoms with Crippen molar-refractivity contribution in [2.24, 2.45) is 5.41 Å². The lowest BCUT2D eigenvalue weighted by Gasteiger charge is -2.46. The first kappa shape index (κ1) is 13.2. The fourth-order valence-electron chi connectivity index (χ4n) is 2.35. The normalized spacial score (nSPS) is 31.6. The fourth-order valence-corrected chi connectivity index (χ4v) is 2.35. The Bertz CT molecular complexity index is 264. The Kier molecular flexibility index (Phi) is 3.78. The number of alkyl halides is 1. The molecule has 1 rings (SSSR count). The van der Waals surface area contributed by atoms with Crippen molar-refractivity contribution in [3.05, 3.63) is 0 Å². The van der Waals surface area contributed by atoms with Gasteiger partial charge >= 0.3 is 6.09 Å². The molecule has 0 aliphatic carbocycles. The van der Waals surface area contributed by atoms with E-state index < -0.39 is 29.8 Å². The van der Waals surface area contributed by atoms with Crippen LogP contribution in [0.3, 0.4) is 0 Å². The van der Waals surface area contributed by atoms with Gasteiger partial charge in [0.05, 0.1) is 12.1 Å².